The second kappa shape index (κ2) is 1.98. The van der Waals surface area contributed by atoms with E-state index in [1.165, 1.54) is 16.7 Å². The molecule has 0 bridgehead atoms. The minimum atomic E-state index is 1.09. The van der Waals surface area contributed by atoms with Crippen molar-refractivity contribution in [1.29, 1.82) is 0 Å². The first kappa shape index (κ1) is 5.72. The Bertz CT molecular complexity index is 282. The third kappa shape index (κ3) is 0.766. The standard InChI is InChI=1S/C10H9/c1-8-5-6-9-3-2-4-10(9)7-8/h2,4-6H,3H2,1H3. The van der Waals surface area contributed by atoms with Crippen molar-refractivity contribution in [3.8, 4) is 0 Å². The summed E-state index contributed by atoms with van der Waals surface area (Å²) in [5.41, 5.74) is 3.91. The van der Waals surface area contributed by atoms with Gasteiger partial charge in [-0.25, -0.2) is 0 Å². The molecule has 0 nitrogen and oxygen atoms in total. The SMILES string of the molecule is Cc1[c]c2c(cc1)CC=C2. The van der Waals surface area contributed by atoms with Crippen LogP contribution >= 0.6 is 0 Å². The summed E-state index contributed by atoms with van der Waals surface area (Å²) in [6.45, 7) is 2.08. The molecule has 0 amide bonds. The molecular formula is C10H9. The van der Waals surface area contributed by atoms with Crippen LogP contribution in [0.25, 0.3) is 6.08 Å². The lowest BCUT2D eigenvalue weighted by molar-refractivity contribution is 1.29. The highest BCUT2D eigenvalue weighted by Gasteiger charge is 2.02. The van der Waals surface area contributed by atoms with E-state index in [0.717, 1.165) is 6.42 Å². The molecule has 0 N–H and O–H groups in total. The van der Waals surface area contributed by atoms with E-state index in [9.17, 15) is 0 Å². The predicted octanol–water partition coefficient (Wildman–Crippen LogP) is 2.36. The van der Waals surface area contributed by atoms with Gasteiger partial charge in [0.2, 0.25) is 0 Å². The number of allylic oxidation sites excluding steroid dienone is 1. The van der Waals surface area contributed by atoms with Crippen molar-refractivity contribution >= 4 is 6.08 Å². The second-order valence-corrected chi connectivity index (χ2v) is 2.69. The van der Waals surface area contributed by atoms with Crippen molar-refractivity contribution in [3.63, 3.8) is 0 Å². The summed E-state index contributed by atoms with van der Waals surface area (Å²) in [5, 5.41) is 0. The third-order valence-corrected chi connectivity index (χ3v) is 1.83. The van der Waals surface area contributed by atoms with Crippen LogP contribution < -0.4 is 0 Å². The summed E-state index contributed by atoms with van der Waals surface area (Å²) in [6, 6.07) is 7.60. The van der Waals surface area contributed by atoms with E-state index in [4.69, 9.17) is 0 Å². The molecule has 0 saturated carbocycles. The molecule has 0 fully saturated rings. The summed E-state index contributed by atoms with van der Waals surface area (Å²) in [4.78, 5) is 0. The zero-order valence-electron chi connectivity index (χ0n) is 6.02. The van der Waals surface area contributed by atoms with E-state index >= 15 is 0 Å². The van der Waals surface area contributed by atoms with Gasteiger partial charge in [-0.2, -0.15) is 0 Å². The van der Waals surface area contributed by atoms with Crippen LogP contribution in [-0.2, 0) is 6.42 Å². The molecule has 0 saturated heterocycles. The zero-order valence-corrected chi connectivity index (χ0v) is 6.02. The highest BCUT2D eigenvalue weighted by Crippen LogP contribution is 2.19. The average Bonchev–Trinajstić information content (AvgIpc) is 2.33. The summed E-state index contributed by atoms with van der Waals surface area (Å²) in [7, 11) is 0. The Kier molecular flexibility index (Phi) is 1.13. The van der Waals surface area contributed by atoms with Gasteiger partial charge in [0.15, 0.2) is 0 Å². The Hall–Kier alpha value is -1.04. The molecular weight excluding hydrogens is 120 g/mol. The lowest BCUT2D eigenvalue weighted by Gasteiger charge is -1.97. The topological polar surface area (TPSA) is 0 Å². The molecule has 0 atom stereocenters. The third-order valence-electron chi connectivity index (χ3n) is 1.83. The van der Waals surface area contributed by atoms with E-state index < -0.39 is 0 Å². The molecule has 1 aliphatic carbocycles. The smallest absolute Gasteiger partial charge is 0.00706 e. The Morgan fingerprint density at radius 2 is 2.30 bits per heavy atom. The van der Waals surface area contributed by atoms with E-state index in [0.29, 0.717) is 0 Å². The quantitative estimate of drug-likeness (QED) is 0.504. The molecule has 0 spiro atoms. The monoisotopic (exact) mass is 129 g/mol. The van der Waals surface area contributed by atoms with Gasteiger partial charge in [0.05, 0.1) is 0 Å². The number of fused-ring (bicyclic) bond motifs is 1. The number of hydrogen-bond acceptors (Lipinski definition) is 0. The fourth-order valence-corrected chi connectivity index (χ4v) is 1.28. The van der Waals surface area contributed by atoms with Crippen LogP contribution in [0.2, 0.25) is 0 Å². The van der Waals surface area contributed by atoms with Crippen LogP contribution in [-0.4, -0.2) is 0 Å². The van der Waals surface area contributed by atoms with Gasteiger partial charge in [-0.1, -0.05) is 24.3 Å². The van der Waals surface area contributed by atoms with E-state index in [-0.39, 0.29) is 0 Å². The molecule has 0 heterocycles. The first-order valence-corrected chi connectivity index (χ1v) is 3.54. The van der Waals surface area contributed by atoms with Crippen LogP contribution in [0.3, 0.4) is 0 Å². The predicted molar refractivity (Wildman–Crippen MR) is 42.8 cm³/mol. The van der Waals surface area contributed by atoms with Crippen molar-refractivity contribution in [2.24, 2.45) is 0 Å². The minimum Gasteiger partial charge on any atom is -0.0795 e. The van der Waals surface area contributed by atoms with Gasteiger partial charge >= 0.3 is 0 Å². The molecule has 1 aromatic rings. The van der Waals surface area contributed by atoms with Gasteiger partial charge in [0.1, 0.15) is 0 Å². The van der Waals surface area contributed by atoms with Gasteiger partial charge in [0, 0.05) is 0 Å². The minimum absolute atomic E-state index is 1.09. The Morgan fingerprint density at radius 1 is 1.40 bits per heavy atom. The zero-order chi connectivity index (χ0) is 6.97. The lowest BCUT2D eigenvalue weighted by Crippen LogP contribution is -1.81. The average molecular weight is 129 g/mol. The molecule has 10 heavy (non-hydrogen) atoms. The molecule has 0 unspecified atom stereocenters. The van der Waals surface area contributed by atoms with Crippen LogP contribution in [0.15, 0.2) is 18.2 Å². The molecule has 49 valence electrons. The molecule has 1 radical (unpaired) electrons. The maximum Gasteiger partial charge on any atom is -0.00706 e. The second-order valence-electron chi connectivity index (χ2n) is 2.69. The molecule has 2 rings (SSSR count). The van der Waals surface area contributed by atoms with Crippen LogP contribution in [0.1, 0.15) is 16.7 Å². The Morgan fingerprint density at radius 3 is 3.20 bits per heavy atom. The van der Waals surface area contributed by atoms with Gasteiger partial charge < -0.3 is 0 Å². The van der Waals surface area contributed by atoms with Gasteiger partial charge in [-0.15, -0.1) is 0 Å². The van der Waals surface area contributed by atoms with Gasteiger partial charge in [-0.05, 0) is 36.1 Å². The molecule has 1 aromatic carbocycles. The number of hydrogen-bond donors (Lipinski definition) is 0. The molecule has 0 aromatic heterocycles. The van der Waals surface area contributed by atoms with Crippen LogP contribution in [0.4, 0.5) is 0 Å². The summed E-state index contributed by atoms with van der Waals surface area (Å²) in [5.74, 6) is 0. The maximum absolute atomic E-state index is 3.30. The highest BCUT2D eigenvalue weighted by atomic mass is 14.1. The van der Waals surface area contributed by atoms with Crippen molar-refractivity contribution in [2.45, 2.75) is 13.3 Å². The molecule has 0 aliphatic heterocycles. The fourth-order valence-electron chi connectivity index (χ4n) is 1.28. The number of aryl methyl sites for hydroxylation is 1. The van der Waals surface area contributed by atoms with Crippen molar-refractivity contribution in [2.75, 3.05) is 0 Å². The molecule has 1 aliphatic rings. The van der Waals surface area contributed by atoms with Crippen molar-refractivity contribution in [1.82, 2.24) is 0 Å². The Labute approximate surface area is 61.2 Å². The fraction of sp³-hybridized carbons (Fsp3) is 0.200. The van der Waals surface area contributed by atoms with Crippen molar-refractivity contribution in [3.05, 3.63) is 41.0 Å². The summed E-state index contributed by atoms with van der Waals surface area (Å²) in [6.07, 6.45) is 5.41. The number of rotatable bonds is 0. The summed E-state index contributed by atoms with van der Waals surface area (Å²) >= 11 is 0. The Balaban J connectivity index is 2.60. The first-order valence-electron chi connectivity index (χ1n) is 3.54. The highest BCUT2D eigenvalue weighted by molar-refractivity contribution is 5.59. The van der Waals surface area contributed by atoms with Crippen molar-refractivity contribution < 1.29 is 0 Å². The largest absolute Gasteiger partial charge is 0.0795 e. The first-order chi connectivity index (χ1) is 4.86. The summed E-state index contributed by atoms with van der Waals surface area (Å²) < 4.78 is 0. The van der Waals surface area contributed by atoms with Gasteiger partial charge in [-0.3, -0.25) is 0 Å². The molecule has 0 heteroatoms. The van der Waals surface area contributed by atoms with Crippen LogP contribution in [0.5, 0.6) is 0 Å². The van der Waals surface area contributed by atoms with E-state index in [1.54, 1.807) is 0 Å². The number of benzene rings is 1. The van der Waals surface area contributed by atoms with Gasteiger partial charge in [0.25, 0.3) is 0 Å². The maximum atomic E-state index is 3.30. The normalized spacial score (nSPS) is 13.7. The lowest BCUT2D eigenvalue weighted by atomic mass is 10.1. The van der Waals surface area contributed by atoms with Crippen LogP contribution in [0, 0.1) is 13.0 Å². The van der Waals surface area contributed by atoms with E-state index in [2.05, 4.69) is 37.3 Å². The van der Waals surface area contributed by atoms with E-state index in [1.807, 2.05) is 0 Å².